The number of alkyl halides is 1. The number of fused-ring (bicyclic) bond motifs is 2. The first-order valence-electron chi connectivity index (χ1n) is 12.4. The average Bonchev–Trinajstić information content (AvgIpc) is 3.40. The topological polar surface area (TPSA) is 101 Å². The Bertz CT molecular complexity index is 1560. The van der Waals surface area contributed by atoms with E-state index in [1.165, 1.54) is 4.90 Å². The zero-order valence-corrected chi connectivity index (χ0v) is 20.8. The molecule has 0 bridgehead atoms. The van der Waals surface area contributed by atoms with Crippen molar-refractivity contribution in [1.29, 1.82) is 0 Å². The van der Waals surface area contributed by atoms with Crippen LogP contribution in [0, 0.1) is 13.8 Å². The Kier molecular flexibility index (Phi) is 5.45. The summed E-state index contributed by atoms with van der Waals surface area (Å²) < 4.78 is 23.1. The van der Waals surface area contributed by atoms with Gasteiger partial charge in [-0.15, -0.1) is 0 Å². The third kappa shape index (κ3) is 3.74. The van der Waals surface area contributed by atoms with Crippen LogP contribution in [0.2, 0.25) is 0 Å². The van der Waals surface area contributed by atoms with Crippen LogP contribution in [0.1, 0.15) is 41.4 Å². The smallest absolute Gasteiger partial charge is 0.326 e. The second-order valence-corrected chi connectivity index (χ2v) is 10.0. The number of ether oxygens (including phenoxy) is 1. The van der Waals surface area contributed by atoms with Gasteiger partial charge in [0.25, 0.3) is 5.91 Å². The number of carbonyl (C=O) groups is 2. The molecular formula is C27H28FN5O4. The molecule has 0 radical (unpaired) electrons. The van der Waals surface area contributed by atoms with Crippen LogP contribution in [-0.4, -0.2) is 67.0 Å². The predicted octanol–water partition coefficient (Wildman–Crippen LogP) is 3.96. The maximum Gasteiger partial charge on any atom is 0.326 e. The van der Waals surface area contributed by atoms with Crippen molar-refractivity contribution in [2.75, 3.05) is 6.54 Å². The molecule has 2 aliphatic rings. The number of likely N-dealkylation sites (tertiary alicyclic amines) is 1. The molecule has 37 heavy (non-hydrogen) atoms. The Hall–Kier alpha value is -3.92. The van der Waals surface area contributed by atoms with E-state index in [1.807, 2.05) is 32.0 Å². The van der Waals surface area contributed by atoms with Crippen molar-refractivity contribution < 1.29 is 23.8 Å². The minimum atomic E-state index is -0.998. The van der Waals surface area contributed by atoms with Crippen LogP contribution in [0.3, 0.4) is 0 Å². The molecule has 0 spiro atoms. The minimum Gasteiger partial charge on any atom is -0.455 e. The van der Waals surface area contributed by atoms with Crippen LogP contribution >= 0.6 is 0 Å². The first-order valence-corrected chi connectivity index (χ1v) is 12.4. The highest BCUT2D eigenvalue weighted by Crippen LogP contribution is 2.34. The van der Waals surface area contributed by atoms with Crippen LogP contribution in [0.4, 0.5) is 9.18 Å². The molecule has 10 heteroatoms. The fourth-order valence-corrected chi connectivity index (χ4v) is 5.17. The van der Waals surface area contributed by atoms with Gasteiger partial charge in [0.2, 0.25) is 0 Å². The van der Waals surface area contributed by atoms with E-state index in [9.17, 15) is 19.1 Å². The van der Waals surface area contributed by atoms with Crippen LogP contribution in [0.5, 0.6) is 11.5 Å². The summed E-state index contributed by atoms with van der Waals surface area (Å²) in [6.45, 7) is 5.49. The van der Waals surface area contributed by atoms with E-state index in [0.29, 0.717) is 34.6 Å². The lowest BCUT2D eigenvalue weighted by molar-refractivity contribution is 0.00638. The summed E-state index contributed by atoms with van der Waals surface area (Å²) in [5.41, 5.74) is 3.33. The molecule has 1 aromatic carbocycles. The standard InChI is InChI=1S/C27H28FN5O4/c1-14-10-17-11-18(4-6-22(17)33(14)27(36)30-21-5-7-23(21)34)37-24-8-9-29-32-12-19(15(2)25(24)32)26(35)31-13-20(28)16(31)3/h4,6,8-12,16,20-21,23,34H,5,7,13H2,1-3H3,(H,30,36)/t16-,20+,21+,23+/m1/s1. The number of nitrogens with zero attached hydrogens (tertiary/aromatic N) is 4. The molecule has 2 fully saturated rings. The van der Waals surface area contributed by atoms with Gasteiger partial charge in [-0.1, -0.05) is 0 Å². The number of hydrogen-bond acceptors (Lipinski definition) is 5. The lowest BCUT2D eigenvalue weighted by Crippen LogP contribution is -2.58. The Morgan fingerprint density at radius 2 is 2.00 bits per heavy atom. The monoisotopic (exact) mass is 505 g/mol. The van der Waals surface area contributed by atoms with E-state index in [2.05, 4.69) is 10.4 Å². The molecule has 1 aliphatic carbocycles. The van der Waals surface area contributed by atoms with Gasteiger partial charge in [-0.05, 0) is 63.4 Å². The highest BCUT2D eigenvalue weighted by atomic mass is 19.1. The largest absolute Gasteiger partial charge is 0.455 e. The fourth-order valence-electron chi connectivity index (χ4n) is 5.17. The third-order valence-corrected chi connectivity index (χ3v) is 7.70. The molecule has 4 atom stereocenters. The van der Waals surface area contributed by atoms with Crippen LogP contribution in [0.25, 0.3) is 16.4 Å². The summed E-state index contributed by atoms with van der Waals surface area (Å²) in [4.78, 5) is 27.4. The Labute approximate surface area is 212 Å². The van der Waals surface area contributed by atoms with Crippen molar-refractivity contribution in [3.63, 3.8) is 0 Å². The number of halogens is 1. The normalized spacial score (nSPS) is 23.1. The summed E-state index contributed by atoms with van der Waals surface area (Å²) in [5, 5.41) is 17.9. The number of aliphatic hydroxyl groups is 1. The van der Waals surface area contributed by atoms with Gasteiger partial charge >= 0.3 is 6.03 Å². The lowest BCUT2D eigenvalue weighted by atomic mass is 9.89. The van der Waals surface area contributed by atoms with Crippen molar-refractivity contribution in [1.82, 2.24) is 24.4 Å². The van der Waals surface area contributed by atoms with Crippen molar-refractivity contribution >= 4 is 28.4 Å². The average molecular weight is 506 g/mol. The summed E-state index contributed by atoms with van der Waals surface area (Å²) in [5.74, 6) is 0.873. The van der Waals surface area contributed by atoms with Gasteiger partial charge in [0.05, 0.1) is 42.0 Å². The van der Waals surface area contributed by atoms with Gasteiger partial charge in [-0.25, -0.2) is 13.7 Å². The summed E-state index contributed by atoms with van der Waals surface area (Å²) >= 11 is 0. The van der Waals surface area contributed by atoms with Gasteiger partial charge in [0.1, 0.15) is 17.4 Å². The molecule has 1 aliphatic heterocycles. The number of aryl methyl sites for hydroxylation is 2. The predicted molar refractivity (Wildman–Crippen MR) is 135 cm³/mol. The van der Waals surface area contributed by atoms with Crippen molar-refractivity contribution in [2.45, 2.75) is 58.0 Å². The summed E-state index contributed by atoms with van der Waals surface area (Å²) in [7, 11) is 0. The molecule has 2 N–H and O–H groups in total. The second-order valence-electron chi connectivity index (χ2n) is 10.0. The molecule has 6 rings (SSSR count). The lowest BCUT2D eigenvalue weighted by Gasteiger charge is -2.41. The SMILES string of the molecule is Cc1c(C(=O)N2C[C@H](F)[C@H]2C)cn2nccc(Oc3ccc4c(c3)cc(C)n4C(=O)N[C@H]3CC[C@@H]3O)c12. The van der Waals surface area contributed by atoms with Crippen molar-refractivity contribution in [3.8, 4) is 11.5 Å². The van der Waals surface area contributed by atoms with Crippen molar-refractivity contribution in [3.05, 3.63) is 59.5 Å². The number of benzene rings is 1. The molecule has 1 saturated heterocycles. The second kappa shape index (κ2) is 8.58. The van der Waals surface area contributed by atoms with Gasteiger partial charge < -0.3 is 20.1 Å². The van der Waals surface area contributed by atoms with E-state index in [0.717, 1.165) is 23.0 Å². The molecule has 192 valence electrons. The Morgan fingerprint density at radius 1 is 1.19 bits per heavy atom. The van der Waals surface area contributed by atoms with Gasteiger partial charge in [0.15, 0.2) is 5.75 Å². The summed E-state index contributed by atoms with van der Waals surface area (Å²) in [6, 6.07) is 8.18. The van der Waals surface area contributed by atoms with Crippen molar-refractivity contribution in [2.24, 2.45) is 0 Å². The number of amides is 2. The molecular weight excluding hydrogens is 477 g/mol. The fraction of sp³-hybridized carbons (Fsp3) is 0.370. The van der Waals surface area contributed by atoms with E-state index in [4.69, 9.17) is 4.74 Å². The number of carbonyl (C=O) groups excluding carboxylic acids is 2. The molecule has 2 amide bonds. The first kappa shape index (κ1) is 23.5. The van der Waals surface area contributed by atoms with Gasteiger partial charge in [-0.2, -0.15) is 5.10 Å². The van der Waals surface area contributed by atoms with E-state index in [1.54, 1.807) is 40.5 Å². The molecule has 0 unspecified atom stereocenters. The van der Waals surface area contributed by atoms with Crippen LogP contribution in [-0.2, 0) is 0 Å². The summed E-state index contributed by atoms with van der Waals surface area (Å²) in [6.07, 6.45) is 3.23. The number of hydrogen-bond donors (Lipinski definition) is 2. The molecule has 1 saturated carbocycles. The minimum absolute atomic E-state index is 0.0980. The van der Waals surface area contributed by atoms with Gasteiger partial charge in [-0.3, -0.25) is 9.36 Å². The molecule has 4 aromatic rings. The number of aromatic nitrogens is 3. The van der Waals surface area contributed by atoms with Crippen LogP contribution in [0.15, 0.2) is 42.7 Å². The number of nitrogens with one attached hydrogen (secondary N) is 1. The highest BCUT2D eigenvalue weighted by Gasteiger charge is 2.40. The Morgan fingerprint density at radius 3 is 2.68 bits per heavy atom. The molecule has 3 aromatic heterocycles. The zero-order valence-electron chi connectivity index (χ0n) is 20.8. The van der Waals surface area contributed by atoms with E-state index >= 15 is 0 Å². The maximum atomic E-state index is 13.7. The van der Waals surface area contributed by atoms with Gasteiger partial charge in [0, 0.05) is 23.3 Å². The maximum absolute atomic E-state index is 13.7. The zero-order chi connectivity index (χ0) is 26.0. The Balaban J connectivity index is 1.29. The first-order chi connectivity index (χ1) is 17.7. The number of rotatable bonds is 4. The third-order valence-electron chi connectivity index (χ3n) is 7.70. The molecule has 4 heterocycles. The van der Waals surface area contributed by atoms with E-state index in [-0.39, 0.29) is 24.5 Å². The highest BCUT2D eigenvalue weighted by molar-refractivity contribution is 5.99. The van der Waals surface area contributed by atoms with Crippen LogP contribution < -0.4 is 10.1 Å². The molecule has 9 nitrogen and oxygen atoms in total. The quantitative estimate of drug-likeness (QED) is 0.437. The number of aliphatic hydroxyl groups excluding tert-OH is 1. The van der Waals surface area contributed by atoms with E-state index < -0.39 is 18.3 Å².